The lowest BCUT2D eigenvalue weighted by molar-refractivity contribution is 0.112. The standard InChI is InChI=1S/C10H8O2S2/c1-12-9-3-7(13)2-8-6(4-11)5-14-10(8)9/h2-5,13H,1H3. The summed E-state index contributed by atoms with van der Waals surface area (Å²) in [6, 6.07) is 3.72. The van der Waals surface area contributed by atoms with Gasteiger partial charge in [-0.25, -0.2) is 0 Å². The molecule has 0 aliphatic carbocycles. The van der Waals surface area contributed by atoms with E-state index in [-0.39, 0.29) is 0 Å². The number of fused-ring (bicyclic) bond motifs is 1. The number of thiophene rings is 1. The molecule has 0 aliphatic rings. The van der Waals surface area contributed by atoms with Crippen molar-refractivity contribution in [3.05, 3.63) is 23.1 Å². The van der Waals surface area contributed by atoms with Crippen LogP contribution in [-0.2, 0) is 0 Å². The largest absolute Gasteiger partial charge is 0.495 e. The molecule has 2 nitrogen and oxygen atoms in total. The van der Waals surface area contributed by atoms with Gasteiger partial charge in [-0.15, -0.1) is 24.0 Å². The third-order valence-electron chi connectivity index (χ3n) is 2.00. The van der Waals surface area contributed by atoms with Gasteiger partial charge in [-0.3, -0.25) is 4.79 Å². The van der Waals surface area contributed by atoms with Crippen LogP contribution in [0, 0.1) is 0 Å². The molecule has 0 radical (unpaired) electrons. The van der Waals surface area contributed by atoms with Crippen LogP contribution < -0.4 is 4.74 Å². The second-order valence-electron chi connectivity index (χ2n) is 2.83. The molecule has 2 rings (SSSR count). The molecule has 0 bridgehead atoms. The van der Waals surface area contributed by atoms with Crippen molar-refractivity contribution in [2.75, 3.05) is 7.11 Å². The summed E-state index contributed by atoms with van der Waals surface area (Å²) in [5.41, 5.74) is 0.694. The van der Waals surface area contributed by atoms with Crippen LogP contribution in [0.15, 0.2) is 22.4 Å². The van der Waals surface area contributed by atoms with E-state index >= 15 is 0 Å². The summed E-state index contributed by atoms with van der Waals surface area (Å²) >= 11 is 5.76. The fraction of sp³-hybridized carbons (Fsp3) is 0.100. The Labute approximate surface area is 90.9 Å². The molecule has 1 heterocycles. The Morgan fingerprint density at radius 3 is 2.93 bits per heavy atom. The van der Waals surface area contributed by atoms with Crippen molar-refractivity contribution in [3.8, 4) is 5.75 Å². The SMILES string of the molecule is COc1cc(S)cc2c(C=O)csc12. The zero-order chi connectivity index (χ0) is 10.1. The lowest BCUT2D eigenvalue weighted by atomic mass is 10.2. The molecule has 0 N–H and O–H groups in total. The maximum atomic E-state index is 10.7. The molecule has 1 aromatic heterocycles. The second-order valence-corrected chi connectivity index (χ2v) is 4.23. The van der Waals surface area contributed by atoms with Gasteiger partial charge in [0.25, 0.3) is 0 Å². The fourth-order valence-corrected chi connectivity index (χ4v) is 2.59. The zero-order valence-corrected chi connectivity index (χ0v) is 9.19. The third kappa shape index (κ3) is 1.40. The van der Waals surface area contributed by atoms with Gasteiger partial charge >= 0.3 is 0 Å². The first-order valence-corrected chi connectivity index (χ1v) is 5.32. The van der Waals surface area contributed by atoms with Gasteiger partial charge in [-0.1, -0.05) is 0 Å². The van der Waals surface area contributed by atoms with E-state index in [0.29, 0.717) is 5.56 Å². The number of rotatable bonds is 2. The maximum Gasteiger partial charge on any atom is 0.151 e. The molecule has 0 amide bonds. The molecular formula is C10H8O2S2. The van der Waals surface area contributed by atoms with E-state index in [2.05, 4.69) is 12.6 Å². The Morgan fingerprint density at radius 2 is 2.29 bits per heavy atom. The first-order chi connectivity index (χ1) is 6.76. The van der Waals surface area contributed by atoms with E-state index in [1.807, 2.05) is 17.5 Å². The van der Waals surface area contributed by atoms with Gasteiger partial charge in [-0.2, -0.15) is 0 Å². The molecule has 1 aromatic carbocycles. The Hall–Kier alpha value is -1.00. The number of ether oxygens (including phenoxy) is 1. The lowest BCUT2D eigenvalue weighted by Crippen LogP contribution is -1.83. The summed E-state index contributed by atoms with van der Waals surface area (Å²) in [5, 5.41) is 2.74. The summed E-state index contributed by atoms with van der Waals surface area (Å²) in [4.78, 5) is 11.5. The minimum absolute atomic E-state index is 0.694. The molecule has 72 valence electrons. The maximum absolute atomic E-state index is 10.7. The van der Waals surface area contributed by atoms with Crippen molar-refractivity contribution >= 4 is 40.3 Å². The normalized spacial score (nSPS) is 10.4. The van der Waals surface area contributed by atoms with Crippen LogP contribution in [0.5, 0.6) is 5.75 Å². The number of carbonyl (C=O) groups is 1. The summed E-state index contributed by atoms with van der Waals surface area (Å²) in [7, 11) is 1.61. The summed E-state index contributed by atoms with van der Waals surface area (Å²) < 4.78 is 6.20. The van der Waals surface area contributed by atoms with Crippen LogP contribution in [0.4, 0.5) is 0 Å². The van der Waals surface area contributed by atoms with Gasteiger partial charge in [-0.05, 0) is 12.1 Å². The number of methoxy groups -OCH3 is 1. The monoisotopic (exact) mass is 224 g/mol. The van der Waals surface area contributed by atoms with E-state index in [1.165, 1.54) is 11.3 Å². The molecule has 14 heavy (non-hydrogen) atoms. The van der Waals surface area contributed by atoms with Crippen LogP contribution in [0.2, 0.25) is 0 Å². The average Bonchev–Trinajstić information content (AvgIpc) is 2.59. The number of thiol groups is 1. The predicted octanol–water partition coefficient (Wildman–Crippen LogP) is 3.01. The smallest absolute Gasteiger partial charge is 0.151 e. The van der Waals surface area contributed by atoms with Crippen LogP contribution in [-0.4, -0.2) is 13.4 Å². The molecule has 0 unspecified atom stereocenters. The van der Waals surface area contributed by atoms with Crippen LogP contribution in [0.3, 0.4) is 0 Å². The van der Waals surface area contributed by atoms with Gasteiger partial charge < -0.3 is 4.74 Å². The van der Waals surface area contributed by atoms with Crippen molar-refractivity contribution in [1.29, 1.82) is 0 Å². The highest BCUT2D eigenvalue weighted by atomic mass is 32.1. The third-order valence-corrected chi connectivity index (χ3v) is 3.29. The first kappa shape index (κ1) is 9.55. The van der Waals surface area contributed by atoms with Crippen molar-refractivity contribution < 1.29 is 9.53 Å². The molecule has 0 aliphatic heterocycles. The van der Waals surface area contributed by atoms with Crippen LogP contribution in [0.25, 0.3) is 10.1 Å². The highest BCUT2D eigenvalue weighted by Crippen LogP contribution is 2.35. The quantitative estimate of drug-likeness (QED) is 0.627. The molecule has 0 saturated heterocycles. The summed E-state index contributed by atoms with van der Waals surface area (Å²) in [5.74, 6) is 0.769. The molecule has 0 atom stereocenters. The molecule has 0 fully saturated rings. The minimum atomic E-state index is 0.694. The Bertz CT molecular complexity index is 488. The van der Waals surface area contributed by atoms with Crippen molar-refractivity contribution in [3.63, 3.8) is 0 Å². The number of hydrogen-bond acceptors (Lipinski definition) is 4. The Kier molecular flexibility index (Phi) is 2.48. The van der Waals surface area contributed by atoms with Gasteiger partial charge in [0.15, 0.2) is 6.29 Å². The van der Waals surface area contributed by atoms with Crippen LogP contribution >= 0.6 is 24.0 Å². The fourth-order valence-electron chi connectivity index (χ4n) is 1.35. The van der Waals surface area contributed by atoms with Crippen LogP contribution in [0.1, 0.15) is 10.4 Å². The average molecular weight is 224 g/mol. The number of aldehydes is 1. The molecule has 0 spiro atoms. The van der Waals surface area contributed by atoms with E-state index < -0.39 is 0 Å². The topological polar surface area (TPSA) is 26.3 Å². The second kappa shape index (κ2) is 3.63. The highest BCUT2D eigenvalue weighted by Gasteiger charge is 2.08. The molecule has 2 aromatic rings. The zero-order valence-electron chi connectivity index (χ0n) is 7.48. The molecule has 4 heteroatoms. The highest BCUT2D eigenvalue weighted by molar-refractivity contribution is 7.80. The number of hydrogen-bond donors (Lipinski definition) is 1. The van der Waals surface area contributed by atoms with E-state index in [1.54, 1.807) is 7.11 Å². The van der Waals surface area contributed by atoms with Crippen molar-refractivity contribution in [2.24, 2.45) is 0 Å². The Balaban J connectivity index is 2.83. The summed E-state index contributed by atoms with van der Waals surface area (Å²) in [6.07, 6.45) is 0.853. The molecule has 0 saturated carbocycles. The van der Waals surface area contributed by atoms with Gasteiger partial charge in [0, 0.05) is 21.2 Å². The van der Waals surface area contributed by atoms with E-state index in [0.717, 1.165) is 27.0 Å². The predicted molar refractivity (Wildman–Crippen MR) is 61.0 cm³/mol. The Morgan fingerprint density at radius 1 is 1.50 bits per heavy atom. The number of benzene rings is 1. The minimum Gasteiger partial charge on any atom is -0.495 e. The summed E-state index contributed by atoms with van der Waals surface area (Å²) in [6.45, 7) is 0. The first-order valence-electron chi connectivity index (χ1n) is 3.99. The van der Waals surface area contributed by atoms with Crippen molar-refractivity contribution in [2.45, 2.75) is 4.90 Å². The number of carbonyl (C=O) groups excluding carboxylic acids is 1. The van der Waals surface area contributed by atoms with Gasteiger partial charge in [0.2, 0.25) is 0 Å². The van der Waals surface area contributed by atoms with E-state index in [9.17, 15) is 4.79 Å². The van der Waals surface area contributed by atoms with Crippen molar-refractivity contribution in [1.82, 2.24) is 0 Å². The van der Waals surface area contributed by atoms with E-state index in [4.69, 9.17) is 4.74 Å². The van der Waals surface area contributed by atoms with Gasteiger partial charge in [0.05, 0.1) is 11.8 Å². The molecular weight excluding hydrogens is 216 g/mol. The van der Waals surface area contributed by atoms with Gasteiger partial charge in [0.1, 0.15) is 5.75 Å². The lowest BCUT2D eigenvalue weighted by Gasteiger charge is -2.02.